The number of hydrogen-bond donors (Lipinski definition) is 2. The van der Waals surface area contributed by atoms with E-state index in [4.69, 9.17) is 5.73 Å². The van der Waals surface area contributed by atoms with Crippen LogP contribution in [0.4, 0.5) is 5.69 Å². The zero-order valence-corrected chi connectivity index (χ0v) is 8.45. The van der Waals surface area contributed by atoms with Crippen LogP contribution < -0.4 is 11.1 Å². The van der Waals surface area contributed by atoms with Gasteiger partial charge in [-0.1, -0.05) is 13.8 Å². The summed E-state index contributed by atoms with van der Waals surface area (Å²) in [4.78, 5) is 1.25. The average molecular weight is 184 g/mol. The molecule has 1 aromatic heterocycles. The van der Waals surface area contributed by atoms with Gasteiger partial charge in [0.1, 0.15) is 0 Å². The molecule has 0 spiro atoms. The molecule has 3 N–H and O–H groups in total. The summed E-state index contributed by atoms with van der Waals surface area (Å²) in [7, 11) is 0. The van der Waals surface area contributed by atoms with E-state index < -0.39 is 0 Å². The van der Waals surface area contributed by atoms with Crippen molar-refractivity contribution in [3.8, 4) is 0 Å². The summed E-state index contributed by atoms with van der Waals surface area (Å²) >= 11 is 1.71. The first-order valence-electron chi connectivity index (χ1n) is 4.22. The van der Waals surface area contributed by atoms with Crippen LogP contribution in [-0.4, -0.2) is 6.54 Å². The third-order valence-electron chi connectivity index (χ3n) is 1.62. The van der Waals surface area contributed by atoms with Crippen molar-refractivity contribution in [2.24, 2.45) is 5.92 Å². The van der Waals surface area contributed by atoms with E-state index >= 15 is 0 Å². The molecule has 0 aromatic carbocycles. The van der Waals surface area contributed by atoms with Crippen molar-refractivity contribution >= 4 is 17.0 Å². The zero-order valence-electron chi connectivity index (χ0n) is 7.63. The Morgan fingerprint density at radius 1 is 1.58 bits per heavy atom. The predicted octanol–water partition coefficient (Wildman–Crippen LogP) is 2.08. The van der Waals surface area contributed by atoms with Gasteiger partial charge in [-0.25, -0.2) is 0 Å². The van der Waals surface area contributed by atoms with Gasteiger partial charge in [0, 0.05) is 17.1 Å². The molecule has 1 heterocycles. The van der Waals surface area contributed by atoms with Gasteiger partial charge in [0.2, 0.25) is 0 Å². The van der Waals surface area contributed by atoms with Crippen LogP contribution in [0.5, 0.6) is 0 Å². The minimum Gasteiger partial charge on any atom is -0.398 e. The fourth-order valence-electron chi connectivity index (χ4n) is 0.969. The minimum absolute atomic E-state index is 0.700. The van der Waals surface area contributed by atoms with E-state index in [0.29, 0.717) is 5.92 Å². The first kappa shape index (κ1) is 9.55. The van der Waals surface area contributed by atoms with Crippen LogP contribution in [0.15, 0.2) is 11.4 Å². The van der Waals surface area contributed by atoms with Crippen molar-refractivity contribution in [1.82, 2.24) is 5.32 Å². The summed E-state index contributed by atoms with van der Waals surface area (Å²) in [5, 5.41) is 5.39. The van der Waals surface area contributed by atoms with Crippen LogP contribution >= 0.6 is 11.3 Å². The van der Waals surface area contributed by atoms with Crippen molar-refractivity contribution in [3.05, 3.63) is 16.3 Å². The highest BCUT2D eigenvalue weighted by molar-refractivity contribution is 7.10. The lowest BCUT2D eigenvalue weighted by molar-refractivity contribution is 0.555. The summed E-state index contributed by atoms with van der Waals surface area (Å²) in [5.74, 6) is 0.700. The lowest BCUT2D eigenvalue weighted by Gasteiger charge is -2.05. The molecule has 0 fully saturated rings. The first-order valence-corrected chi connectivity index (χ1v) is 5.10. The van der Waals surface area contributed by atoms with E-state index in [1.807, 2.05) is 11.4 Å². The number of anilines is 1. The zero-order chi connectivity index (χ0) is 8.97. The molecule has 1 aromatic rings. The summed E-state index contributed by atoms with van der Waals surface area (Å²) < 4.78 is 0. The SMILES string of the molecule is CC(C)CNCc1sccc1N. The maximum atomic E-state index is 5.73. The van der Waals surface area contributed by atoms with Gasteiger partial charge in [-0.2, -0.15) is 0 Å². The second-order valence-corrected chi connectivity index (χ2v) is 4.32. The van der Waals surface area contributed by atoms with Gasteiger partial charge in [-0.05, 0) is 23.9 Å². The Kier molecular flexibility index (Phi) is 3.56. The normalized spacial score (nSPS) is 10.9. The lowest BCUT2D eigenvalue weighted by Crippen LogP contribution is -2.18. The number of nitrogens with one attached hydrogen (secondary N) is 1. The molecule has 0 amide bonds. The maximum absolute atomic E-state index is 5.73. The molecule has 0 bridgehead atoms. The van der Waals surface area contributed by atoms with E-state index in [1.165, 1.54) is 4.88 Å². The molecule has 3 heteroatoms. The van der Waals surface area contributed by atoms with Crippen LogP contribution in [-0.2, 0) is 6.54 Å². The van der Waals surface area contributed by atoms with E-state index in [2.05, 4.69) is 19.2 Å². The fraction of sp³-hybridized carbons (Fsp3) is 0.556. The Bertz CT molecular complexity index is 230. The van der Waals surface area contributed by atoms with Crippen molar-refractivity contribution < 1.29 is 0 Å². The van der Waals surface area contributed by atoms with Gasteiger partial charge in [0.15, 0.2) is 0 Å². The Labute approximate surface area is 77.8 Å². The number of rotatable bonds is 4. The Morgan fingerprint density at radius 3 is 2.83 bits per heavy atom. The molecular weight excluding hydrogens is 168 g/mol. The average Bonchev–Trinajstić information content (AvgIpc) is 2.36. The topological polar surface area (TPSA) is 38.0 Å². The highest BCUT2D eigenvalue weighted by Gasteiger charge is 1.99. The highest BCUT2D eigenvalue weighted by atomic mass is 32.1. The lowest BCUT2D eigenvalue weighted by atomic mass is 10.2. The van der Waals surface area contributed by atoms with Gasteiger partial charge in [-0.15, -0.1) is 11.3 Å². The van der Waals surface area contributed by atoms with Crippen LogP contribution in [0.3, 0.4) is 0 Å². The molecule has 0 aliphatic carbocycles. The van der Waals surface area contributed by atoms with Crippen LogP contribution in [0.25, 0.3) is 0 Å². The quantitative estimate of drug-likeness (QED) is 0.752. The molecule has 0 atom stereocenters. The van der Waals surface area contributed by atoms with E-state index in [0.717, 1.165) is 18.8 Å². The molecule has 0 saturated carbocycles. The second-order valence-electron chi connectivity index (χ2n) is 3.32. The smallest absolute Gasteiger partial charge is 0.0468 e. The number of nitrogen functional groups attached to an aromatic ring is 1. The van der Waals surface area contributed by atoms with E-state index in [-0.39, 0.29) is 0 Å². The molecule has 0 unspecified atom stereocenters. The summed E-state index contributed by atoms with van der Waals surface area (Å²) in [5.41, 5.74) is 6.64. The van der Waals surface area contributed by atoms with Crippen LogP contribution in [0.2, 0.25) is 0 Å². The minimum atomic E-state index is 0.700. The van der Waals surface area contributed by atoms with Gasteiger partial charge in [-0.3, -0.25) is 0 Å². The molecule has 2 nitrogen and oxygen atoms in total. The molecular formula is C9H16N2S. The fourth-order valence-corrected chi connectivity index (χ4v) is 1.74. The highest BCUT2D eigenvalue weighted by Crippen LogP contribution is 2.17. The van der Waals surface area contributed by atoms with Gasteiger partial charge in [0.05, 0.1) is 0 Å². The first-order chi connectivity index (χ1) is 5.70. The molecule has 0 aliphatic heterocycles. The number of thiophene rings is 1. The van der Waals surface area contributed by atoms with Crippen molar-refractivity contribution in [2.75, 3.05) is 12.3 Å². The van der Waals surface area contributed by atoms with Crippen molar-refractivity contribution in [1.29, 1.82) is 0 Å². The summed E-state index contributed by atoms with van der Waals surface area (Å²) in [6.07, 6.45) is 0. The van der Waals surface area contributed by atoms with Crippen LogP contribution in [0.1, 0.15) is 18.7 Å². The van der Waals surface area contributed by atoms with Crippen LogP contribution in [0, 0.1) is 5.92 Å². The Hall–Kier alpha value is -0.540. The third kappa shape index (κ3) is 2.83. The maximum Gasteiger partial charge on any atom is 0.0468 e. The molecule has 12 heavy (non-hydrogen) atoms. The molecule has 0 aliphatic rings. The standard InChI is InChI=1S/C9H16N2S/c1-7(2)5-11-6-9-8(10)3-4-12-9/h3-4,7,11H,5-6,10H2,1-2H3. The largest absolute Gasteiger partial charge is 0.398 e. The number of hydrogen-bond acceptors (Lipinski definition) is 3. The molecule has 1 rings (SSSR count). The Morgan fingerprint density at radius 2 is 2.33 bits per heavy atom. The van der Waals surface area contributed by atoms with Gasteiger partial charge < -0.3 is 11.1 Å². The molecule has 0 saturated heterocycles. The molecule has 0 radical (unpaired) electrons. The predicted molar refractivity (Wildman–Crippen MR) is 55.3 cm³/mol. The van der Waals surface area contributed by atoms with E-state index in [1.54, 1.807) is 11.3 Å². The Balaban J connectivity index is 2.29. The van der Waals surface area contributed by atoms with Crippen molar-refractivity contribution in [3.63, 3.8) is 0 Å². The van der Waals surface area contributed by atoms with Gasteiger partial charge >= 0.3 is 0 Å². The molecule has 68 valence electrons. The second kappa shape index (κ2) is 4.48. The van der Waals surface area contributed by atoms with Crippen molar-refractivity contribution in [2.45, 2.75) is 20.4 Å². The number of nitrogens with two attached hydrogens (primary N) is 1. The summed E-state index contributed by atoms with van der Waals surface area (Å²) in [6.45, 7) is 6.36. The third-order valence-corrected chi connectivity index (χ3v) is 2.55. The van der Waals surface area contributed by atoms with Gasteiger partial charge in [0.25, 0.3) is 0 Å². The monoisotopic (exact) mass is 184 g/mol. The van der Waals surface area contributed by atoms with E-state index in [9.17, 15) is 0 Å². The summed E-state index contributed by atoms with van der Waals surface area (Å²) in [6, 6.07) is 1.96.